The number of anilines is 1. The van der Waals surface area contributed by atoms with Crippen LogP contribution in [0.15, 0.2) is 18.2 Å². The number of benzene rings is 1. The SMILES string of the molecule is CCCNS(=O)(=O)Nc1cc(C(=N)N)ccc1C. The van der Waals surface area contributed by atoms with Gasteiger partial charge in [-0.3, -0.25) is 10.1 Å². The quantitative estimate of drug-likeness (QED) is 0.456. The van der Waals surface area contributed by atoms with Crippen LogP contribution in [0.2, 0.25) is 0 Å². The summed E-state index contributed by atoms with van der Waals surface area (Å²) < 4.78 is 28.2. The molecular weight excluding hydrogens is 252 g/mol. The van der Waals surface area contributed by atoms with Crippen molar-refractivity contribution in [3.8, 4) is 0 Å². The van der Waals surface area contributed by atoms with E-state index in [1.807, 2.05) is 6.92 Å². The predicted octanol–water partition coefficient (Wildman–Crippen LogP) is 0.935. The minimum atomic E-state index is -3.57. The van der Waals surface area contributed by atoms with Crippen LogP contribution >= 0.6 is 0 Å². The number of amidine groups is 1. The van der Waals surface area contributed by atoms with E-state index >= 15 is 0 Å². The van der Waals surface area contributed by atoms with E-state index in [-0.39, 0.29) is 5.84 Å². The lowest BCUT2D eigenvalue weighted by molar-refractivity contribution is 0.586. The van der Waals surface area contributed by atoms with Crippen LogP contribution in [0.4, 0.5) is 5.69 Å². The molecule has 0 atom stereocenters. The molecule has 0 aliphatic rings. The van der Waals surface area contributed by atoms with Gasteiger partial charge in [0.2, 0.25) is 0 Å². The lowest BCUT2D eigenvalue weighted by Crippen LogP contribution is -2.31. The van der Waals surface area contributed by atoms with Crippen LogP contribution < -0.4 is 15.2 Å². The van der Waals surface area contributed by atoms with Crippen molar-refractivity contribution in [1.29, 1.82) is 5.41 Å². The second kappa shape index (κ2) is 5.83. The largest absolute Gasteiger partial charge is 0.384 e. The van der Waals surface area contributed by atoms with Gasteiger partial charge in [-0.1, -0.05) is 19.1 Å². The first-order chi connectivity index (χ1) is 8.35. The smallest absolute Gasteiger partial charge is 0.299 e. The molecule has 0 aliphatic heterocycles. The predicted molar refractivity (Wildman–Crippen MR) is 73.0 cm³/mol. The Kier molecular flexibility index (Phi) is 4.69. The molecule has 0 aromatic heterocycles. The molecule has 0 unspecified atom stereocenters. The van der Waals surface area contributed by atoms with Gasteiger partial charge in [0.25, 0.3) is 10.2 Å². The molecule has 6 nitrogen and oxygen atoms in total. The molecule has 100 valence electrons. The van der Waals surface area contributed by atoms with Gasteiger partial charge in [0.15, 0.2) is 0 Å². The summed E-state index contributed by atoms with van der Waals surface area (Å²) in [5.74, 6) is -0.100. The summed E-state index contributed by atoms with van der Waals surface area (Å²) in [5, 5.41) is 7.33. The van der Waals surface area contributed by atoms with E-state index in [0.29, 0.717) is 24.2 Å². The van der Waals surface area contributed by atoms with Gasteiger partial charge in [-0.05, 0) is 25.0 Å². The highest BCUT2D eigenvalue weighted by Gasteiger charge is 2.11. The molecule has 0 bridgehead atoms. The Hall–Kier alpha value is -1.60. The van der Waals surface area contributed by atoms with Crippen molar-refractivity contribution in [1.82, 2.24) is 4.72 Å². The molecule has 5 N–H and O–H groups in total. The molecule has 1 aromatic carbocycles. The lowest BCUT2D eigenvalue weighted by atomic mass is 10.1. The molecule has 0 amide bonds. The first kappa shape index (κ1) is 14.5. The third-order valence-corrected chi connectivity index (χ3v) is 3.41. The van der Waals surface area contributed by atoms with Gasteiger partial charge in [0.1, 0.15) is 5.84 Å². The topological polar surface area (TPSA) is 108 Å². The van der Waals surface area contributed by atoms with Crippen LogP contribution in [0.5, 0.6) is 0 Å². The van der Waals surface area contributed by atoms with Crippen molar-refractivity contribution in [3.63, 3.8) is 0 Å². The fourth-order valence-corrected chi connectivity index (χ4v) is 2.37. The molecular formula is C11H18N4O2S. The summed E-state index contributed by atoms with van der Waals surface area (Å²) >= 11 is 0. The number of nitrogens with two attached hydrogens (primary N) is 1. The summed E-state index contributed by atoms with van der Waals surface area (Å²) in [4.78, 5) is 0. The third kappa shape index (κ3) is 4.01. The molecule has 7 heteroatoms. The Morgan fingerprint density at radius 1 is 1.44 bits per heavy atom. The van der Waals surface area contributed by atoms with Crippen molar-refractivity contribution in [2.45, 2.75) is 20.3 Å². The first-order valence-electron chi connectivity index (χ1n) is 5.58. The third-order valence-electron chi connectivity index (χ3n) is 2.33. The van der Waals surface area contributed by atoms with Crippen LogP contribution in [0.1, 0.15) is 24.5 Å². The molecule has 1 aromatic rings. The van der Waals surface area contributed by atoms with E-state index < -0.39 is 10.2 Å². The Morgan fingerprint density at radius 3 is 2.67 bits per heavy atom. The molecule has 0 aliphatic carbocycles. The maximum Gasteiger partial charge on any atom is 0.299 e. The first-order valence-corrected chi connectivity index (χ1v) is 7.06. The van der Waals surface area contributed by atoms with E-state index in [1.165, 1.54) is 0 Å². The van der Waals surface area contributed by atoms with Gasteiger partial charge >= 0.3 is 0 Å². The fraction of sp³-hybridized carbons (Fsp3) is 0.364. The standard InChI is InChI=1S/C11H18N4O2S/c1-3-6-14-18(16,17)15-10-7-9(11(12)13)5-4-8(10)2/h4-5,7,14-15H,3,6H2,1-2H3,(H3,12,13). The molecule has 0 radical (unpaired) electrons. The number of aryl methyl sites for hydroxylation is 1. The van der Waals surface area contributed by atoms with E-state index in [1.54, 1.807) is 25.1 Å². The van der Waals surface area contributed by atoms with Crippen LogP contribution in [0.25, 0.3) is 0 Å². The average molecular weight is 270 g/mol. The number of hydrogen-bond donors (Lipinski definition) is 4. The van der Waals surface area contributed by atoms with Crippen molar-refractivity contribution in [3.05, 3.63) is 29.3 Å². The van der Waals surface area contributed by atoms with Gasteiger partial charge in [-0.2, -0.15) is 13.1 Å². The van der Waals surface area contributed by atoms with E-state index in [4.69, 9.17) is 11.1 Å². The highest BCUT2D eigenvalue weighted by Crippen LogP contribution is 2.17. The summed E-state index contributed by atoms with van der Waals surface area (Å²) in [6.45, 7) is 4.03. The Labute approximate surface area is 107 Å². The maximum atomic E-state index is 11.7. The van der Waals surface area contributed by atoms with Crippen molar-refractivity contribution in [2.75, 3.05) is 11.3 Å². The Morgan fingerprint density at radius 2 is 2.11 bits per heavy atom. The minimum Gasteiger partial charge on any atom is -0.384 e. The lowest BCUT2D eigenvalue weighted by Gasteiger charge is -2.12. The molecule has 0 spiro atoms. The average Bonchev–Trinajstić information content (AvgIpc) is 2.29. The summed E-state index contributed by atoms with van der Waals surface area (Å²) in [6.07, 6.45) is 0.716. The van der Waals surface area contributed by atoms with Crippen LogP contribution in [0.3, 0.4) is 0 Å². The highest BCUT2D eigenvalue weighted by molar-refractivity contribution is 7.90. The number of hydrogen-bond acceptors (Lipinski definition) is 3. The molecule has 18 heavy (non-hydrogen) atoms. The van der Waals surface area contributed by atoms with Gasteiger partial charge in [-0.15, -0.1) is 0 Å². The zero-order valence-electron chi connectivity index (χ0n) is 10.4. The van der Waals surface area contributed by atoms with Crippen LogP contribution in [-0.2, 0) is 10.2 Å². The van der Waals surface area contributed by atoms with Crippen LogP contribution in [0, 0.1) is 12.3 Å². The molecule has 0 saturated heterocycles. The molecule has 1 rings (SSSR count). The molecule has 0 saturated carbocycles. The number of nitrogen functional groups attached to an aromatic ring is 1. The Balaban J connectivity index is 2.96. The minimum absolute atomic E-state index is 0.100. The van der Waals surface area contributed by atoms with E-state index in [0.717, 1.165) is 5.56 Å². The maximum absolute atomic E-state index is 11.7. The normalized spacial score (nSPS) is 11.2. The summed E-state index contributed by atoms with van der Waals surface area (Å²) in [7, 11) is -3.57. The summed E-state index contributed by atoms with van der Waals surface area (Å²) in [6, 6.07) is 4.94. The number of rotatable bonds is 6. The van der Waals surface area contributed by atoms with Gasteiger partial charge < -0.3 is 5.73 Å². The second-order valence-electron chi connectivity index (χ2n) is 3.94. The molecule has 0 fully saturated rings. The summed E-state index contributed by atoms with van der Waals surface area (Å²) in [5.41, 5.74) is 7.04. The van der Waals surface area contributed by atoms with E-state index in [9.17, 15) is 8.42 Å². The van der Waals surface area contributed by atoms with Crippen molar-refractivity contribution in [2.24, 2.45) is 5.73 Å². The van der Waals surface area contributed by atoms with Crippen molar-refractivity contribution < 1.29 is 8.42 Å². The fourth-order valence-electron chi connectivity index (χ4n) is 1.32. The Bertz CT molecular complexity index is 540. The van der Waals surface area contributed by atoms with Crippen molar-refractivity contribution >= 4 is 21.7 Å². The highest BCUT2D eigenvalue weighted by atomic mass is 32.2. The van der Waals surface area contributed by atoms with Gasteiger partial charge in [0, 0.05) is 12.1 Å². The zero-order chi connectivity index (χ0) is 13.8. The van der Waals surface area contributed by atoms with Gasteiger partial charge in [0.05, 0.1) is 5.69 Å². The number of nitrogens with one attached hydrogen (secondary N) is 3. The molecule has 0 heterocycles. The monoisotopic (exact) mass is 270 g/mol. The second-order valence-corrected chi connectivity index (χ2v) is 5.44. The van der Waals surface area contributed by atoms with Crippen LogP contribution in [-0.4, -0.2) is 20.8 Å². The van der Waals surface area contributed by atoms with E-state index in [2.05, 4.69) is 9.44 Å². The van der Waals surface area contributed by atoms with Gasteiger partial charge in [-0.25, -0.2) is 0 Å². The zero-order valence-corrected chi connectivity index (χ0v) is 11.3.